The Morgan fingerprint density at radius 2 is 0.635 bits per heavy atom. The van der Waals surface area contributed by atoms with Crippen LogP contribution in [0.5, 0.6) is 0 Å². The fourth-order valence-corrected chi connectivity index (χ4v) is 13.6. The van der Waals surface area contributed by atoms with Gasteiger partial charge in [0.25, 0.3) is 0 Å². The molecule has 0 aliphatic heterocycles. The van der Waals surface area contributed by atoms with E-state index in [0.29, 0.717) is 0 Å². The number of fused-ring (bicyclic) bond motifs is 7. The van der Waals surface area contributed by atoms with E-state index in [4.69, 9.17) is 0 Å². The molecule has 1 aromatic heterocycles. The van der Waals surface area contributed by atoms with E-state index in [1.807, 2.05) is 0 Å². The first-order valence-electron chi connectivity index (χ1n) is 29.4. The summed E-state index contributed by atoms with van der Waals surface area (Å²) in [7, 11) is 0. The van der Waals surface area contributed by atoms with Crippen LogP contribution in [0.4, 0.5) is 17.1 Å². The highest BCUT2D eigenvalue weighted by atomic mass is 15.1. The molecule has 1 heterocycles. The molecule has 15 aromatic rings. The van der Waals surface area contributed by atoms with Crippen molar-refractivity contribution in [1.82, 2.24) is 4.57 Å². The Morgan fingerprint density at radius 3 is 1.22 bits per heavy atom. The molecular weight excluding hydrogens is 1020 g/mol. The Hall–Kier alpha value is -11.1. The lowest BCUT2D eigenvalue weighted by Crippen LogP contribution is -2.28. The van der Waals surface area contributed by atoms with Crippen LogP contribution in [0.25, 0.3) is 105 Å². The normalized spacial score (nSPS) is 12.3. The van der Waals surface area contributed by atoms with E-state index < -0.39 is 5.41 Å². The number of aromatic nitrogens is 1. The molecule has 0 fully saturated rings. The van der Waals surface area contributed by atoms with Crippen LogP contribution in [-0.4, -0.2) is 4.57 Å². The minimum absolute atomic E-state index is 0.473. The Bertz CT molecular complexity index is 4870. The van der Waals surface area contributed by atoms with Crippen molar-refractivity contribution >= 4 is 49.6 Å². The second-order valence-corrected chi connectivity index (χ2v) is 22.4. The minimum Gasteiger partial charge on any atom is -0.311 e. The number of hydrogen-bond acceptors (Lipinski definition) is 1. The first kappa shape index (κ1) is 49.7. The first-order valence-corrected chi connectivity index (χ1v) is 29.4. The molecule has 2 heteroatoms. The van der Waals surface area contributed by atoms with Gasteiger partial charge in [-0.25, -0.2) is 0 Å². The van der Waals surface area contributed by atoms with E-state index in [-0.39, 0.29) is 0 Å². The zero-order chi connectivity index (χ0) is 56.3. The molecule has 1 aliphatic rings. The molecule has 0 N–H and O–H groups in total. The van der Waals surface area contributed by atoms with Gasteiger partial charge in [0, 0.05) is 33.5 Å². The Labute approximate surface area is 496 Å². The quantitative estimate of drug-likeness (QED) is 0.125. The van der Waals surface area contributed by atoms with Gasteiger partial charge in [0.2, 0.25) is 0 Å². The van der Waals surface area contributed by atoms with Crippen molar-refractivity contribution < 1.29 is 0 Å². The van der Waals surface area contributed by atoms with E-state index in [2.05, 4.69) is 349 Å². The van der Waals surface area contributed by atoms with Crippen LogP contribution in [0.15, 0.2) is 340 Å². The van der Waals surface area contributed by atoms with Crippen LogP contribution in [0.3, 0.4) is 0 Å². The summed E-state index contributed by atoms with van der Waals surface area (Å²) in [5.41, 5.74) is 25.8. The SMILES string of the molecule is c1ccc(C2(c3ccccc3)c3ccccc3-c3ccc(-c4ccc(N(c5ccc(-c6ccc(-c7cccc(-c8ccc9ccccc9c8)c7)cc6)cc5)c5ccc(-c6cccc(-n7c8ccccc8c8ccccc87)c6)cc5)cc4)cc32)cc1. The Balaban J connectivity index is 0.749. The molecular formula is C83H56N2. The molecule has 0 unspecified atom stereocenters. The van der Waals surface area contributed by atoms with Crippen LogP contribution in [-0.2, 0) is 5.41 Å². The van der Waals surface area contributed by atoms with Crippen LogP contribution >= 0.6 is 0 Å². The molecule has 0 radical (unpaired) electrons. The molecule has 0 atom stereocenters. The van der Waals surface area contributed by atoms with E-state index in [0.717, 1.165) is 45.0 Å². The van der Waals surface area contributed by atoms with E-state index in [9.17, 15) is 0 Å². The molecule has 398 valence electrons. The van der Waals surface area contributed by atoms with Crippen LogP contribution in [0.2, 0.25) is 0 Å². The zero-order valence-electron chi connectivity index (χ0n) is 46.7. The molecule has 0 saturated heterocycles. The molecule has 0 bridgehead atoms. The van der Waals surface area contributed by atoms with Crippen molar-refractivity contribution in [2.45, 2.75) is 5.41 Å². The lowest BCUT2D eigenvalue weighted by atomic mass is 9.67. The molecule has 85 heavy (non-hydrogen) atoms. The lowest BCUT2D eigenvalue weighted by molar-refractivity contribution is 0.769. The first-order chi connectivity index (χ1) is 42.1. The summed E-state index contributed by atoms with van der Waals surface area (Å²) in [6.07, 6.45) is 0. The van der Waals surface area contributed by atoms with E-state index in [1.165, 1.54) is 99.3 Å². The molecule has 0 spiro atoms. The number of rotatable bonds is 11. The van der Waals surface area contributed by atoms with Gasteiger partial charge in [-0.15, -0.1) is 0 Å². The van der Waals surface area contributed by atoms with Crippen molar-refractivity contribution in [3.63, 3.8) is 0 Å². The van der Waals surface area contributed by atoms with Crippen LogP contribution in [0, 0.1) is 0 Å². The highest BCUT2D eigenvalue weighted by Crippen LogP contribution is 2.57. The summed E-state index contributed by atoms with van der Waals surface area (Å²) in [6, 6.07) is 125. The molecule has 2 nitrogen and oxygen atoms in total. The third-order valence-electron chi connectivity index (χ3n) is 17.7. The average molecular weight is 1080 g/mol. The van der Waals surface area contributed by atoms with Gasteiger partial charge in [0.15, 0.2) is 0 Å². The second-order valence-electron chi connectivity index (χ2n) is 22.4. The monoisotopic (exact) mass is 1080 g/mol. The van der Waals surface area contributed by atoms with Crippen LogP contribution < -0.4 is 4.90 Å². The number of hydrogen-bond donors (Lipinski definition) is 0. The summed E-state index contributed by atoms with van der Waals surface area (Å²) in [4.78, 5) is 2.38. The fourth-order valence-electron chi connectivity index (χ4n) is 13.6. The highest BCUT2D eigenvalue weighted by Gasteiger charge is 2.46. The smallest absolute Gasteiger partial charge is 0.0713 e. The minimum atomic E-state index is -0.473. The summed E-state index contributed by atoms with van der Waals surface area (Å²) in [6.45, 7) is 0. The van der Waals surface area contributed by atoms with Gasteiger partial charge >= 0.3 is 0 Å². The van der Waals surface area contributed by atoms with Gasteiger partial charge in [-0.2, -0.15) is 0 Å². The van der Waals surface area contributed by atoms with Crippen molar-refractivity contribution in [3.05, 3.63) is 362 Å². The summed E-state index contributed by atoms with van der Waals surface area (Å²) in [5.74, 6) is 0. The second kappa shape index (κ2) is 20.7. The van der Waals surface area contributed by atoms with E-state index >= 15 is 0 Å². The van der Waals surface area contributed by atoms with Crippen molar-refractivity contribution in [3.8, 4) is 72.4 Å². The van der Waals surface area contributed by atoms with Gasteiger partial charge < -0.3 is 9.47 Å². The third-order valence-corrected chi connectivity index (χ3v) is 17.7. The molecule has 16 rings (SSSR count). The number of nitrogens with zero attached hydrogens (tertiary/aromatic N) is 2. The predicted molar refractivity (Wildman–Crippen MR) is 357 cm³/mol. The molecule has 1 aliphatic carbocycles. The van der Waals surface area contributed by atoms with Gasteiger partial charge in [-0.3, -0.25) is 0 Å². The maximum atomic E-state index is 2.45. The number of para-hydroxylation sites is 2. The molecule has 0 amide bonds. The van der Waals surface area contributed by atoms with Gasteiger partial charge in [0.1, 0.15) is 0 Å². The summed E-state index contributed by atoms with van der Waals surface area (Å²) >= 11 is 0. The fraction of sp³-hybridized carbons (Fsp3) is 0.0120. The highest BCUT2D eigenvalue weighted by molar-refractivity contribution is 6.09. The van der Waals surface area contributed by atoms with Crippen molar-refractivity contribution in [1.29, 1.82) is 0 Å². The van der Waals surface area contributed by atoms with Crippen molar-refractivity contribution in [2.24, 2.45) is 0 Å². The number of benzene rings is 14. The molecule has 14 aromatic carbocycles. The predicted octanol–water partition coefficient (Wildman–Crippen LogP) is 22.1. The summed E-state index contributed by atoms with van der Waals surface area (Å²) < 4.78 is 2.39. The Kier molecular flexibility index (Phi) is 12.1. The van der Waals surface area contributed by atoms with E-state index in [1.54, 1.807) is 0 Å². The largest absolute Gasteiger partial charge is 0.311 e. The maximum Gasteiger partial charge on any atom is 0.0713 e. The van der Waals surface area contributed by atoms with Gasteiger partial charge in [-0.05, 0) is 179 Å². The topological polar surface area (TPSA) is 8.17 Å². The zero-order valence-corrected chi connectivity index (χ0v) is 46.7. The lowest BCUT2D eigenvalue weighted by Gasteiger charge is -2.34. The van der Waals surface area contributed by atoms with Crippen LogP contribution in [0.1, 0.15) is 22.3 Å². The third kappa shape index (κ3) is 8.57. The maximum absolute atomic E-state index is 2.45. The number of anilines is 3. The van der Waals surface area contributed by atoms with Crippen molar-refractivity contribution in [2.75, 3.05) is 4.90 Å². The standard InChI is InChI=1S/C83H56N2/c1-3-22-69(23-4-1)83(70-24-5-2-6-25-70)79-30-12-9-27-75(79)76-52-45-68(56-80(76)83)62-43-50-73(51-44-62)84(72-48-41-61(42-49-72)66-21-16-26-74(55-66)85-81-31-13-10-28-77(81)78-29-11-14-32-82(78)85)71-46-39-59(40-47-71)58-33-35-60(36-34-58)64-19-15-20-65(53-64)67-38-37-57-17-7-8-18-63(57)54-67/h1-56H. The van der Waals surface area contributed by atoms with Gasteiger partial charge in [-0.1, -0.05) is 261 Å². The van der Waals surface area contributed by atoms with Gasteiger partial charge in [0.05, 0.1) is 16.4 Å². The Morgan fingerprint density at radius 1 is 0.235 bits per heavy atom. The molecule has 0 saturated carbocycles. The average Bonchev–Trinajstić information content (AvgIpc) is 1.78. The summed E-state index contributed by atoms with van der Waals surface area (Å²) in [5, 5.41) is 5.02.